The number of methoxy groups -OCH3 is 1. The van der Waals surface area contributed by atoms with Crippen LogP contribution in [0, 0.1) is 0 Å². The minimum Gasteiger partial charge on any atom is -0.381 e. The van der Waals surface area contributed by atoms with Gasteiger partial charge in [-0.25, -0.2) is 4.98 Å². The van der Waals surface area contributed by atoms with Crippen LogP contribution in [0.5, 0.6) is 0 Å². The molecule has 2 saturated carbocycles. The van der Waals surface area contributed by atoms with Crippen molar-refractivity contribution in [3.05, 3.63) is 18.2 Å². The Morgan fingerprint density at radius 3 is 3.00 bits per heavy atom. The quantitative estimate of drug-likeness (QED) is 0.847. The normalized spacial score (nSPS) is 28.8. The molecule has 3 rings (SSSR count). The third-order valence-electron chi connectivity index (χ3n) is 3.92. The van der Waals surface area contributed by atoms with Crippen LogP contribution in [0.15, 0.2) is 12.5 Å². The molecule has 1 heterocycles. The fourth-order valence-corrected chi connectivity index (χ4v) is 2.61. The van der Waals surface area contributed by atoms with Crippen molar-refractivity contribution < 1.29 is 4.74 Å². The molecule has 0 radical (unpaired) electrons. The average molecular weight is 235 g/mol. The maximum Gasteiger partial charge on any atom is 0.0952 e. The Labute approximate surface area is 102 Å². The van der Waals surface area contributed by atoms with Gasteiger partial charge in [0.2, 0.25) is 0 Å². The SMILES string of the molecule is COC1CCC(n2cnc(CNC3CC3)c2)C1. The summed E-state index contributed by atoms with van der Waals surface area (Å²) in [5.41, 5.74) is 1.16. The van der Waals surface area contributed by atoms with Crippen LogP contribution in [0.25, 0.3) is 0 Å². The molecule has 2 unspecified atom stereocenters. The monoisotopic (exact) mass is 235 g/mol. The van der Waals surface area contributed by atoms with E-state index >= 15 is 0 Å². The number of hydrogen-bond donors (Lipinski definition) is 1. The molecule has 17 heavy (non-hydrogen) atoms. The Hall–Kier alpha value is -0.870. The summed E-state index contributed by atoms with van der Waals surface area (Å²) < 4.78 is 7.68. The van der Waals surface area contributed by atoms with E-state index < -0.39 is 0 Å². The van der Waals surface area contributed by atoms with E-state index in [1.807, 2.05) is 13.4 Å². The van der Waals surface area contributed by atoms with Gasteiger partial charge in [0.15, 0.2) is 0 Å². The van der Waals surface area contributed by atoms with E-state index in [9.17, 15) is 0 Å². The predicted molar refractivity (Wildman–Crippen MR) is 65.8 cm³/mol. The molecule has 4 nitrogen and oxygen atoms in total. The maximum atomic E-state index is 5.41. The number of rotatable bonds is 5. The summed E-state index contributed by atoms with van der Waals surface area (Å²) in [6.45, 7) is 0.915. The molecule has 0 saturated heterocycles. The first-order valence-corrected chi connectivity index (χ1v) is 6.63. The zero-order chi connectivity index (χ0) is 11.7. The van der Waals surface area contributed by atoms with Gasteiger partial charge >= 0.3 is 0 Å². The van der Waals surface area contributed by atoms with Crippen molar-refractivity contribution in [2.24, 2.45) is 0 Å². The Balaban J connectivity index is 1.56. The predicted octanol–water partition coefficient (Wildman–Crippen LogP) is 1.88. The first kappa shape index (κ1) is 11.2. The molecule has 2 fully saturated rings. The van der Waals surface area contributed by atoms with Gasteiger partial charge in [0.25, 0.3) is 0 Å². The molecular formula is C13H21N3O. The van der Waals surface area contributed by atoms with Gasteiger partial charge in [0.05, 0.1) is 18.1 Å². The lowest BCUT2D eigenvalue weighted by Crippen LogP contribution is -2.15. The van der Waals surface area contributed by atoms with Crippen molar-refractivity contribution in [2.75, 3.05) is 7.11 Å². The first-order valence-electron chi connectivity index (χ1n) is 6.63. The molecule has 2 atom stereocenters. The zero-order valence-electron chi connectivity index (χ0n) is 10.4. The van der Waals surface area contributed by atoms with Crippen molar-refractivity contribution in [2.45, 2.75) is 56.8 Å². The van der Waals surface area contributed by atoms with E-state index in [1.54, 1.807) is 0 Å². The summed E-state index contributed by atoms with van der Waals surface area (Å²) in [4.78, 5) is 4.47. The summed E-state index contributed by atoms with van der Waals surface area (Å²) in [7, 11) is 1.81. The smallest absolute Gasteiger partial charge is 0.0952 e. The second kappa shape index (κ2) is 4.78. The summed E-state index contributed by atoms with van der Waals surface area (Å²) in [5, 5.41) is 3.50. The second-order valence-corrected chi connectivity index (χ2v) is 5.29. The van der Waals surface area contributed by atoms with Crippen molar-refractivity contribution >= 4 is 0 Å². The average Bonchev–Trinajstić information content (AvgIpc) is 2.89. The molecule has 0 aromatic carbocycles. The molecule has 0 aliphatic heterocycles. The molecule has 0 amide bonds. The Bertz CT molecular complexity index is 372. The van der Waals surface area contributed by atoms with Crippen molar-refractivity contribution in [3.8, 4) is 0 Å². The Morgan fingerprint density at radius 1 is 1.41 bits per heavy atom. The lowest BCUT2D eigenvalue weighted by molar-refractivity contribution is 0.106. The van der Waals surface area contributed by atoms with E-state index in [1.165, 1.54) is 25.7 Å². The van der Waals surface area contributed by atoms with E-state index in [0.29, 0.717) is 12.1 Å². The maximum absolute atomic E-state index is 5.41. The van der Waals surface area contributed by atoms with Crippen LogP contribution < -0.4 is 5.32 Å². The second-order valence-electron chi connectivity index (χ2n) is 5.29. The third kappa shape index (κ3) is 2.69. The standard InChI is InChI=1S/C13H21N3O/c1-17-13-5-4-12(6-13)16-8-11(15-9-16)7-14-10-2-3-10/h8-10,12-14H,2-7H2,1H3. The van der Waals surface area contributed by atoms with Crippen molar-refractivity contribution in [1.29, 1.82) is 0 Å². The largest absolute Gasteiger partial charge is 0.381 e. The third-order valence-corrected chi connectivity index (χ3v) is 3.92. The summed E-state index contributed by atoms with van der Waals surface area (Å²) in [5.74, 6) is 0. The van der Waals surface area contributed by atoms with Gasteiger partial charge in [-0.2, -0.15) is 0 Å². The minimum absolute atomic E-state index is 0.440. The van der Waals surface area contributed by atoms with Crippen LogP contribution in [-0.4, -0.2) is 28.8 Å². The molecule has 0 bridgehead atoms. The van der Waals surface area contributed by atoms with E-state index in [2.05, 4.69) is 21.1 Å². The molecule has 2 aliphatic rings. The molecule has 0 spiro atoms. The lowest BCUT2D eigenvalue weighted by atomic mass is 10.2. The molecule has 2 aliphatic carbocycles. The van der Waals surface area contributed by atoms with Crippen molar-refractivity contribution in [3.63, 3.8) is 0 Å². The number of ether oxygens (including phenoxy) is 1. The number of nitrogens with zero attached hydrogens (tertiary/aromatic N) is 2. The van der Waals surface area contributed by atoms with Crippen LogP contribution in [0.4, 0.5) is 0 Å². The van der Waals surface area contributed by atoms with E-state index in [4.69, 9.17) is 4.74 Å². The zero-order valence-corrected chi connectivity index (χ0v) is 10.4. The van der Waals surface area contributed by atoms with Crippen LogP contribution in [0.2, 0.25) is 0 Å². The highest BCUT2D eigenvalue weighted by Gasteiger charge is 2.26. The Kier molecular flexibility index (Phi) is 3.16. The van der Waals surface area contributed by atoms with Crippen molar-refractivity contribution in [1.82, 2.24) is 14.9 Å². The van der Waals surface area contributed by atoms with E-state index in [-0.39, 0.29) is 0 Å². The summed E-state index contributed by atoms with van der Waals surface area (Å²) >= 11 is 0. The van der Waals surface area contributed by atoms with Gasteiger partial charge in [-0.1, -0.05) is 0 Å². The molecule has 4 heteroatoms. The van der Waals surface area contributed by atoms with Gasteiger partial charge in [0.1, 0.15) is 0 Å². The number of aromatic nitrogens is 2. The fourth-order valence-electron chi connectivity index (χ4n) is 2.61. The highest BCUT2D eigenvalue weighted by molar-refractivity contribution is 5.00. The summed E-state index contributed by atoms with van der Waals surface area (Å²) in [6.07, 6.45) is 10.8. The van der Waals surface area contributed by atoms with Gasteiger partial charge in [-0.05, 0) is 32.1 Å². The molecule has 94 valence electrons. The number of nitrogens with one attached hydrogen (secondary N) is 1. The van der Waals surface area contributed by atoms with Crippen LogP contribution in [-0.2, 0) is 11.3 Å². The van der Waals surface area contributed by atoms with Gasteiger partial charge in [0, 0.05) is 31.9 Å². The van der Waals surface area contributed by atoms with Crippen LogP contribution >= 0.6 is 0 Å². The van der Waals surface area contributed by atoms with Gasteiger partial charge < -0.3 is 14.6 Å². The topological polar surface area (TPSA) is 39.1 Å². The molecular weight excluding hydrogens is 214 g/mol. The van der Waals surface area contributed by atoms with Crippen LogP contribution in [0.1, 0.15) is 43.8 Å². The minimum atomic E-state index is 0.440. The molecule has 1 aromatic heterocycles. The number of hydrogen-bond acceptors (Lipinski definition) is 3. The highest BCUT2D eigenvalue weighted by atomic mass is 16.5. The molecule has 1 N–H and O–H groups in total. The molecule has 1 aromatic rings. The van der Waals surface area contributed by atoms with Gasteiger partial charge in [-0.15, -0.1) is 0 Å². The summed E-state index contributed by atoms with van der Waals surface area (Å²) in [6, 6.07) is 1.34. The number of imidazole rings is 1. The fraction of sp³-hybridized carbons (Fsp3) is 0.769. The van der Waals surface area contributed by atoms with Crippen LogP contribution in [0.3, 0.4) is 0 Å². The van der Waals surface area contributed by atoms with E-state index in [0.717, 1.165) is 24.7 Å². The first-order chi connectivity index (χ1) is 8.35. The highest BCUT2D eigenvalue weighted by Crippen LogP contribution is 2.31. The Morgan fingerprint density at radius 2 is 2.29 bits per heavy atom. The lowest BCUT2D eigenvalue weighted by Gasteiger charge is -2.11. The van der Waals surface area contributed by atoms with Gasteiger partial charge in [-0.3, -0.25) is 0 Å².